The van der Waals surface area contributed by atoms with Crippen molar-refractivity contribution in [2.24, 2.45) is 0 Å². The van der Waals surface area contributed by atoms with Crippen LogP contribution in [0, 0.1) is 0 Å². The molecule has 244 valence electrons. The Balaban J connectivity index is 1.34. The molecule has 10 aromatic carbocycles. The van der Waals surface area contributed by atoms with Crippen LogP contribution in [0.1, 0.15) is 0 Å². The number of fused-ring (bicyclic) bond motifs is 5. The third-order valence-corrected chi connectivity index (χ3v) is 10.3. The summed E-state index contributed by atoms with van der Waals surface area (Å²) in [5.74, 6) is 0. The summed E-state index contributed by atoms with van der Waals surface area (Å²) in [5.41, 5.74) is 6.84. The van der Waals surface area contributed by atoms with Gasteiger partial charge in [-0.05, 0) is 70.1 Å². The van der Waals surface area contributed by atoms with E-state index in [0.717, 1.165) is 34.1 Å². The van der Waals surface area contributed by atoms with Gasteiger partial charge in [-0.15, -0.1) is 0 Å². The molecule has 10 rings (SSSR count). The number of hydrogen-bond acceptors (Lipinski definition) is 2. The molecular weight excluding hydrogens is 629 g/mol. The second-order valence-corrected chi connectivity index (χ2v) is 13.3. The average Bonchev–Trinajstić information content (AvgIpc) is 3.22. The Morgan fingerprint density at radius 2 is 0.596 bits per heavy atom. The van der Waals surface area contributed by atoms with Gasteiger partial charge in [-0.3, -0.25) is 0 Å². The van der Waals surface area contributed by atoms with E-state index in [9.17, 15) is 0 Å². The monoisotopic (exact) mass is 662 g/mol. The Bertz CT molecular complexity index is 2850. The van der Waals surface area contributed by atoms with Crippen molar-refractivity contribution < 1.29 is 0 Å². The lowest BCUT2D eigenvalue weighted by Gasteiger charge is -2.33. The van der Waals surface area contributed by atoms with Crippen molar-refractivity contribution in [3.63, 3.8) is 0 Å². The summed E-state index contributed by atoms with van der Waals surface area (Å²) in [6.45, 7) is 0. The van der Waals surface area contributed by atoms with Gasteiger partial charge in [-0.2, -0.15) is 0 Å². The molecule has 0 fully saturated rings. The Kier molecular flexibility index (Phi) is 7.18. The van der Waals surface area contributed by atoms with Gasteiger partial charge in [0, 0.05) is 43.7 Å². The Hall–Kier alpha value is -6.90. The fraction of sp³-hybridized carbons (Fsp3) is 0. The molecule has 0 unspecified atom stereocenters. The lowest BCUT2D eigenvalue weighted by atomic mass is 9.94. The summed E-state index contributed by atoms with van der Waals surface area (Å²) in [6, 6.07) is 74.8. The van der Waals surface area contributed by atoms with Crippen LogP contribution in [0.3, 0.4) is 0 Å². The van der Waals surface area contributed by atoms with Gasteiger partial charge in [0.1, 0.15) is 0 Å². The van der Waals surface area contributed by atoms with Crippen molar-refractivity contribution >= 4 is 88.0 Å². The predicted octanol–water partition coefficient (Wildman–Crippen LogP) is 14.4. The van der Waals surface area contributed by atoms with Crippen LogP contribution in [0.5, 0.6) is 0 Å². The first-order valence-electron chi connectivity index (χ1n) is 17.9. The van der Waals surface area contributed by atoms with E-state index in [0.29, 0.717) is 0 Å². The second-order valence-electron chi connectivity index (χ2n) is 13.3. The highest BCUT2D eigenvalue weighted by Crippen LogP contribution is 2.52. The summed E-state index contributed by atoms with van der Waals surface area (Å²) in [7, 11) is 0. The summed E-state index contributed by atoms with van der Waals surface area (Å²) in [6.07, 6.45) is 0. The van der Waals surface area contributed by atoms with Crippen LogP contribution in [0.25, 0.3) is 53.9 Å². The molecule has 0 amide bonds. The topological polar surface area (TPSA) is 6.48 Å². The van der Waals surface area contributed by atoms with Gasteiger partial charge >= 0.3 is 0 Å². The highest BCUT2D eigenvalue weighted by Gasteiger charge is 2.26. The van der Waals surface area contributed by atoms with E-state index in [1.165, 1.54) is 53.9 Å². The van der Waals surface area contributed by atoms with E-state index >= 15 is 0 Å². The maximum Gasteiger partial charge on any atom is 0.0620 e. The van der Waals surface area contributed by atoms with Gasteiger partial charge in [0.15, 0.2) is 0 Å². The maximum atomic E-state index is 2.48. The zero-order valence-electron chi connectivity index (χ0n) is 28.5. The van der Waals surface area contributed by atoms with Crippen LogP contribution < -0.4 is 9.80 Å². The van der Waals surface area contributed by atoms with Gasteiger partial charge in [0.25, 0.3) is 0 Å². The average molecular weight is 663 g/mol. The van der Waals surface area contributed by atoms with Crippen LogP contribution in [0.4, 0.5) is 34.1 Å². The number of rotatable bonds is 6. The molecule has 0 atom stereocenters. The van der Waals surface area contributed by atoms with Gasteiger partial charge in [-0.25, -0.2) is 0 Å². The molecule has 0 aliphatic heterocycles. The standard InChI is InChI=1S/C50H34N2/c1-3-22-39(23-4-1)51(47-31-15-20-35-17-9-10-26-41(35)47)49-42-27-11-13-29-44(42)50(45-30-14-12-28-43(45)49)52(40-24-5-2-6-25-40)48-32-16-21-38-33-36-18-7-8-19-37(36)34-46(38)48/h1-34H. The lowest BCUT2D eigenvalue weighted by Crippen LogP contribution is -2.15. The van der Waals surface area contributed by atoms with Crippen molar-refractivity contribution in [1.82, 2.24) is 0 Å². The quantitative estimate of drug-likeness (QED) is 0.129. The highest BCUT2D eigenvalue weighted by atomic mass is 15.2. The van der Waals surface area contributed by atoms with Crippen molar-refractivity contribution in [3.05, 3.63) is 206 Å². The van der Waals surface area contributed by atoms with Crippen molar-refractivity contribution in [2.75, 3.05) is 9.80 Å². The van der Waals surface area contributed by atoms with Gasteiger partial charge in [0.05, 0.1) is 22.7 Å². The predicted molar refractivity (Wildman–Crippen MR) is 223 cm³/mol. The van der Waals surface area contributed by atoms with E-state index in [1.807, 2.05) is 0 Å². The largest absolute Gasteiger partial charge is 0.309 e. The van der Waals surface area contributed by atoms with Gasteiger partial charge in [0.2, 0.25) is 0 Å². The van der Waals surface area contributed by atoms with Gasteiger partial charge < -0.3 is 9.80 Å². The normalized spacial score (nSPS) is 11.5. The zero-order valence-corrected chi connectivity index (χ0v) is 28.5. The summed E-state index contributed by atoms with van der Waals surface area (Å²) in [4.78, 5) is 4.95. The van der Waals surface area contributed by atoms with E-state index < -0.39 is 0 Å². The van der Waals surface area contributed by atoms with Crippen LogP contribution in [-0.4, -0.2) is 0 Å². The summed E-state index contributed by atoms with van der Waals surface area (Å²) in [5, 5.41) is 12.0. The molecule has 0 radical (unpaired) electrons. The van der Waals surface area contributed by atoms with E-state index in [2.05, 4.69) is 216 Å². The molecule has 0 aromatic heterocycles. The molecule has 2 nitrogen and oxygen atoms in total. The minimum Gasteiger partial charge on any atom is -0.309 e. The van der Waals surface area contributed by atoms with Crippen LogP contribution in [-0.2, 0) is 0 Å². The Morgan fingerprint density at radius 1 is 0.231 bits per heavy atom. The molecule has 0 spiro atoms. The third kappa shape index (κ3) is 4.88. The fourth-order valence-corrected chi connectivity index (χ4v) is 8.04. The second kappa shape index (κ2) is 12.5. The third-order valence-electron chi connectivity index (χ3n) is 10.3. The Labute approximate surface area is 303 Å². The fourth-order valence-electron chi connectivity index (χ4n) is 8.04. The summed E-state index contributed by atoms with van der Waals surface area (Å²) < 4.78 is 0. The minimum atomic E-state index is 1.11. The number of anilines is 6. The first-order chi connectivity index (χ1) is 25.8. The van der Waals surface area contributed by atoms with Crippen molar-refractivity contribution in [1.29, 1.82) is 0 Å². The Morgan fingerprint density at radius 3 is 1.12 bits per heavy atom. The van der Waals surface area contributed by atoms with Crippen LogP contribution in [0.2, 0.25) is 0 Å². The first kappa shape index (κ1) is 30.0. The zero-order chi connectivity index (χ0) is 34.4. The SMILES string of the molecule is c1ccc(N(c2cccc3ccccc23)c2c3ccccc3c(N(c3ccccc3)c3cccc4cc5ccccc5cc34)c3ccccc23)cc1. The first-order valence-corrected chi connectivity index (χ1v) is 17.9. The van der Waals surface area contributed by atoms with E-state index in [-0.39, 0.29) is 0 Å². The van der Waals surface area contributed by atoms with Crippen molar-refractivity contribution in [2.45, 2.75) is 0 Å². The highest BCUT2D eigenvalue weighted by molar-refractivity contribution is 6.24. The minimum absolute atomic E-state index is 1.11. The molecule has 0 saturated heterocycles. The molecular formula is C50H34N2. The molecule has 0 bridgehead atoms. The molecule has 2 heteroatoms. The number of hydrogen-bond donors (Lipinski definition) is 0. The smallest absolute Gasteiger partial charge is 0.0620 e. The molecule has 0 heterocycles. The van der Waals surface area contributed by atoms with E-state index in [1.54, 1.807) is 0 Å². The molecule has 52 heavy (non-hydrogen) atoms. The molecule has 0 saturated carbocycles. The van der Waals surface area contributed by atoms with Crippen LogP contribution >= 0.6 is 0 Å². The lowest BCUT2D eigenvalue weighted by molar-refractivity contribution is 1.31. The van der Waals surface area contributed by atoms with Gasteiger partial charge in [-0.1, -0.05) is 158 Å². The number of nitrogens with zero attached hydrogens (tertiary/aromatic N) is 2. The number of benzene rings is 10. The van der Waals surface area contributed by atoms with E-state index in [4.69, 9.17) is 0 Å². The number of para-hydroxylation sites is 2. The van der Waals surface area contributed by atoms with Crippen molar-refractivity contribution in [3.8, 4) is 0 Å². The maximum absolute atomic E-state index is 2.48. The van der Waals surface area contributed by atoms with Crippen LogP contribution in [0.15, 0.2) is 206 Å². The molecule has 0 aliphatic rings. The molecule has 0 aliphatic carbocycles. The molecule has 0 N–H and O–H groups in total. The molecule has 10 aromatic rings. The summed E-state index contributed by atoms with van der Waals surface area (Å²) >= 11 is 0.